The van der Waals surface area contributed by atoms with Crippen LogP contribution < -0.4 is 0 Å². The fraction of sp³-hybridized carbons (Fsp3) is 0.650. The molecule has 0 aromatic heterocycles. The molecule has 5 rings (SSSR count). The lowest BCUT2D eigenvalue weighted by molar-refractivity contribution is 0.0307. The SMILES string of the molecule is O=C(O)c1ccccc1CN1CC2CCC1CN(C1CCOCC1)C2. The molecule has 4 aliphatic rings. The molecule has 25 heavy (non-hydrogen) atoms. The summed E-state index contributed by atoms with van der Waals surface area (Å²) in [6.07, 6.45) is 4.85. The minimum absolute atomic E-state index is 0.448. The van der Waals surface area contributed by atoms with Gasteiger partial charge in [-0.25, -0.2) is 4.79 Å². The smallest absolute Gasteiger partial charge is 0.336 e. The molecule has 5 heteroatoms. The summed E-state index contributed by atoms with van der Waals surface area (Å²) >= 11 is 0. The van der Waals surface area contributed by atoms with Crippen molar-refractivity contribution in [2.75, 3.05) is 32.8 Å². The van der Waals surface area contributed by atoms with E-state index in [4.69, 9.17) is 4.74 Å². The van der Waals surface area contributed by atoms with Crippen molar-refractivity contribution in [1.82, 2.24) is 9.80 Å². The summed E-state index contributed by atoms with van der Waals surface area (Å²) in [6, 6.07) is 8.67. The highest BCUT2D eigenvalue weighted by Gasteiger charge is 2.37. The Morgan fingerprint density at radius 1 is 1.04 bits per heavy atom. The van der Waals surface area contributed by atoms with Gasteiger partial charge in [0, 0.05) is 51.5 Å². The molecule has 5 nitrogen and oxygen atoms in total. The van der Waals surface area contributed by atoms with Gasteiger partial charge in [0.15, 0.2) is 0 Å². The van der Waals surface area contributed by atoms with Gasteiger partial charge < -0.3 is 9.84 Å². The summed E-state index contributed by atoms with van der Waals surface area (Å²) in [7, 11) is 0. The molecule has 0 radical (unpaired) electrons. The Balaban J connectivity index is 1.48. The number of rotatable bonds is 4. The molecule has 2 bridgehead atoms. The standard InChI is InChI=1S/C20H28N2O3/c23-20(24)19-4-2-1-3-16(19)13-21-11-15-5-6-18(21)14-22(12-15)17-7-9-25-10-8-17/h1-4,15,17-18H,5-14H2,(H,23,24). The number of fused-ring (bicyclic) bond motifs is 4. The quantitative estimate of drug-likeness (QED) is 0.909. The van der Waals surface area contributed by atoms with Gasteiger partial charge in [-0.3, -0.25) is 9.80 Å². The first-order chi connectivity index (χ1) is 12.2. The predicted molar refractivity (Wildman–Crippen MR) is 95.7 cm³/mol. The maximum absolute atomic E-state index is 11.5. The highest BCUT2D eigenvalue weighted by Crippen LogP contribution is 2.32. The molecular formula is C20H28N2O3. The lowest BCUT2D eigenvalue weighted by Gasteiger charge is -2.37. The Morgan fingerprint density at radius 2 is 1.84 bits per heavy atom. The molecule has 136 valence electrons. The van der Waals surface area contributed by atoms with Crippen LogP contribution in [0.25, 0.3) is 0 Å². The minimum atomic E-state index is -0.820. The van der Waals surface area contributed by atoms with Gasteiger partial charge in [0.05, 0.1) is 5.56 Å². The van der Waals surface area contributed by atoms with Crippen LogP contribution in [0.3, 0.4) is 0 Å². The van der Waals surface area contributed by atoms with E-state index < -0.39 is 5.97 Å². The molecule has 2 unspecified atom stereocenters. The summed E-state index contributed by atoms with van der Waals surface area (Å²) in [6.45, 7) is 5.96. The van der Waals surface area contributed by atoms with E-state index in [0.29, 0.717) is 23.6 Å². The Morgan fingerprint density at radius 3 is 2.64 bits per heavy atom. The van der Waals surface area contributed by atoms with Crippen LogP contribution in [0.5, 0.6) is 0 Å². The molecule has 1 aromatic carbocycles. The van der Waals surface area contributed by atoms with Gasteiger partial charge >= 0.3 is 5.97 Å². The minimum Gasteiger partial charge on any atom is -0.478 e. The van der Waals surface area contributed by atoms with Crippen molar-refractivity contribution in [2.24, 2.45) is 5.92 Å². The first-order valence-electron chi connectivity index (χ1n) is 9.58. The second-order valence-electron chi connectivity index (χ2n) is 7.79. The third-order valence-electron chi connectivity index (χ3n) is 6.18. The van der Waals surface area contributed by atoms with Gasteiger partial charge in [0.25, 0.3) is 0 Å². The van der Waals surface area contributed by atoms with Crippen LogP contribution >= 0.6 is 0 Å². The van der Waals surface area contributed by atoms with Gasteiger partial charge in [-0.2, -0.15) is 0 Å². The van der Waals surface area contributed by atoms with Gasteiger partial charge in [-0.1, -0.05) is 18.2 Å². The molecule has 0 aliphatic carbocycles. The summed E-state index contributed by atoms with van der Waals surface area (Å²) < 4.78 is 5.53. The summed E-state index contributed by atoms with van der Waals surface area (Å²) in [5.41, 5.74) is 1.39. The van der Waals surface area contributed by atoms with Gasteiger partial charge in [-0.15, -0.1) is 0 Å². The van der Waals surface area contributed by atoms with Crippen molar-refractivity contribution in [3.05, 3.63) is 35.4 Å². The Labute approximate surface area is 149 Å². The average Bonchev–Trinajstić information content (AvgIpc) is 2.95. The second kappa shape index (κ2) is 7.44. The van der Waals surface area contributed by atoms with E-state index in [1.54, 1.807) is 6.07 Å². The fourth-order valence-corrected chi connectivity index (χ4v) is 4.84. The Hall–Kier alpha value is -1.43. The number of aromatic carboxylic acids is 1. The number of hydrogen-bond acceptors (Lipinski definition) is 4. The van der Waals surface area contributed by atoms with E-state index in [0.717, 1.165) is 51.3 Å². The molecule has 1 N–H and O–H groups in total. The number of piperidine rings is 1. The number of carboxylic acid groups (broad SMARTS) is 1. The van der Waals surface area contributed by atoms with E-state index in [2.05, 4.69) is 9.80 Å². The summed E-state index contributed by atoms with van der Waals surface area (Å²) in [5, 5.41) is 9.46. The highest BCUT2D eigenvalue weighted by molar-refractivity contribution is 5.89. The first-order valence-corrected chi connectivity index (χ1v) is 9.58. The summed E-state index contributed by atoms with van der Waals surface area (Å²) in [5.74, 6) is -0.113. The van der Waals surface area contributed by atoms with Crippen LogP contribution in [0.1, 0.15) is 41.6 Å². The van der Waals surface area contributed by atoms with Crippen molar-refractivity contribution in [3.8, 4) is 0 Å². The molecule has 4 aliphatic heterocycles. The van der Waals surface area contributed by atoms with E-state index in [-0.39, 0.29) is 0 Å². The maximum atomic E-state index is 11.5. The lowest BCUT2D eigenvalue weighted by atomic mass is 9.94. The number of nitrogens with zero attached hydrogens (tertiary/aromatic N) is 2. The molecule has 4 heterocycles. The second-order valence-corrected chi connectivity index (χ2v) is 7.79. The fourth-order valence-electron chi connectivity index (χ4n) is 4.84. The van der Waals surface area contributed by atoms with Gasteiger partial charge in [0.2, 0.25) is 0 Å². The number of hydrogen-bond donors (Lipinski definition) is 1. The van der Waals surface area contributed by atoms with Crippen LogP contribution in [-0.2, 0) is 11.3 Å². The number of benzene rings is 1. The van der Waals surface area contributed by atoms with Gasteiger partial charge in [-0.05, 0) is 43.2 Å². The maximum Gasteiger partial charge on any atom is 0.336 e. The molecule has 0 amide bonds. The first kappa shape index (κ1) is 17.0. The van der Waals surface area contributed by atoms with Crippen molar-refractivity contribution < 1.29 is 14.6 Å². The van der Waals surface area contributed by atoms with E-state index in [1.807, 2.05) is 18.2 Å². The van der Waals surface area contributed by atoms with Crippen LogP contribution in [0, 0.1) is 5.92 Å². The zero-order valence-electron chi connectivity index (χ0n) is 14.8. The monoisotopic (exact) mass is 344 g/mol. The molecule has 0 saturated carbocycles. The van der Waals surface area contributed by atoms with Crippen molar-refractivity contribution in [3.63, 3.8) is 0 Å². The average molecular weight is 344 g/mol. The zero-order chi connectivity index (χ0) is 17.2. The predicted octanol–water partition coefficient (Wildman–Crippen LogP) is 2.46. The number of carboxylic acids is 1. The summed E-state index contributed by atoms with van der Waals surface area (Å²) in [4.78, 5) is 16.8. The zero-order valence-corrected chi connectivity index (χ0v) is 14.8. The van der Waals surface area contributed by atoms with Crippen molar-refractivity contribution >= 4 is 5.97 Å². The van der Waals surface area contributed by atoms with Crippen LogP contribution in [0.4, 0.5) is 0 Å². The third kappa shape index (κ3) is 3.73. The van der Waals surface area contributed by atoms with E-state index in [1.165, 1.54) is 19.4 Å². The van der Waals surface area contributed by atoms with Crippen molar-refractivity contribution in [1.29, 1.82) is 0 Å². The van der Waals surface area contributed by atoms with E-state index >= 15 is 0 Å². The van der Waals surface area contributed by atoms with Gasteiger partial charge in [0.1, 0.15) is 0 Å². The number of carbonyl (C=O) groups is 1. The largest absolute Gasteiger partial charge is 0.478 e. The normalized spacial score (nSPS) is 28.8. The Kier molecular flexibility index (Phi) is 5.06. The molecule has 0 spiro atoms. The van der Waals surface area contributed by atoms with Crippen LogP contribution in [0.15, 0.2) is 24.3 Å². The lowest BCUT2D eigenvalue weighted by Crippen LogP contribution is -2.45. The van der Waals surface area contributed by atoms with Crippen molar-refractivity contribution in [2.45, 2.75) is 44.3 Å². The number of ether oxygens (including phenoxy) is 1. The topological polar surface area (TPSA) is 53.0 Å². The van der Waals surface area contributed by atoms with Crippen LogP contribution in [-0.4, -0.2) is 65.8 Å². The van der Waals surface area contributed by atoms with Crippen LogP contribution in [0.2, 0.25) is 0 Å². The van der Waals surface area contributed by atoms with E-state index in [9.17, 15) is 9.90 Å². The Bertz CT molecular complexity index is 615. The molecule has 2 atom stereocenters. The highest BCUT2D eigenvalue weighted by atomic mass is 16.5. The third-order valence-corrected chi connectivity index (χ3v) is 6.18. The molecular weight excluding hydrogens is 316 g/mol. The molecule has 4 fully saturated rings. The molecule has 4 saturated heterocycles. The molecule has 1 aromatic rings.